The molecule has 2 aromatic rings. The number of Topliss-reactive ketones (excluding diaryl/α,β-unsaturated/α-hetero) is 1. The number of carbonyl (C=O) groups is 1. The Morgan fingerprint density at radius 2 is 1.63 bits per heavy atom. The first-order valence-corrected chi connectivity index (χ1v) is 6.60. The minimum Gasteiger partial charge on any atom is -0.383 e. The highest BCUT2D eigenvalue weighted by atomic mass is 16.1. The Bertz CT molecular complexity index is 489. The quantitative estimate of drug-likeness (QED) is 0.838. The summed E-state index contributed by atoms with van der Waals surface area (Å²) in [4.78, 5) is 11.2. The number of ketones is 1. The van der Waals surface area contributed by atoms with E-state index in [1.165, 1.54) is 13.1 Å². The zero-order valence-electron chi connectivity index (χ0n) is 12.3. The molecule has 0 bridgehead atoms. The van der Waals surface area contributed by atoms with Gasteiger partial charge in [-0.2, -0.15) is 5.10 Å². The van der Waals surface area contributed by atoms with Gasteiger partial charge in [0.15, 0.2) is 5.78 Å². The van der Waals surface area contributed by atoms with Crippen LogP contribution in [0.4, 0.5) is 5.82 Å². The summed E-state index contributed by atoms with van der Waals surface area (Å²) in [5, 5.41) is 4.08. The van der Waals surface area contributed by atoms with E-state index in [4.69, 9.17) is 5.73 Å². The van der Waals surface area contributed by atoms with Crippen LogP contribution in [0.3, 0.4) is 0 Å². The average Bonchev–Trinajstić information content (AvgIpc) is 2.86. The topological polar surface area (TPSA) is 60.9 Å². The summed E-state index contributed by atoms with van der Waals surface area (Å²) in [5.74, 6) is 0.309. The fourth-order valence-electron chi connectivity index (χ4n) is 1.40. The minimum atomic E-state index is -0.0744. The van der Waals surface area contributed by atoms with Gasteiger partial charge in [0.25, 0.3) is 0 Å². The van der Waals surface area contributed by atoms with Gasteiger partial charge in [-0.3, -0.25) is 4.79 Å². The first-order valence-electron chi connectivity index (χ1n) is 6.60. The lowest BCUT2D eigenvalue weighted by Gasteiger charge is -2.03. The van der Waals surface area contributed by atoms with Crippen molar-refractivity contribution in [3.63, 3.8) is 0 Å². The average molecular weight is 261 g/mol. The van der Waals surface area contributed by atoms with Crippen molar-refractivity contribution in [2.24, 2.45) is 0 Å². The third kappa shape index (κ3) is 4.25. The standard InChI is InChI=1S/C11H11N3O.2C2H6/c1-8(15)10-7-13-14(11(10)12)9-5-3-2-4-6-9;2*1-2/h2-7H,12H2,1H3;2*1-2H3. The van der Waals surface area contributed by atoms with E-state index in [-0.39, 0.29) is 5.78 Å². The lowest BCUT2D eigenvalue weighted by atomic mass is 10.2. The Morgan fingerprint density at radius 3 is 2.05 bits per heavy atom. The Morgan fingerprint density at radius 1 is 1.11 bits per heavy atom. The molecule has 4 nitrogen and oxygen atoms in total. The molecule has 0 radical (unpaired) electrons. The smallest absolute Gasteiger partial charge is 0.165 e. The lowest BCUT2D eigenvalue weighted by molar-refractivity contribution is 0.101. The van der Waals surface area contributed by atoms with E-state index in [0.717, 1.165) is 5.69 Å². The molecular formula is C15H23N3O. The summed E-state index contributed by atoms with van der Waals surface area (Å²) >= 11 is 0. The summed E-state index contributed by atoms with van der Waals surface area (Å²) < 4.78 is 1.55. The van der Waals surface area contributed by atoms with Crippen LogP contribution in [0.2, 0.25) is 0 Å². The van der Waals surface area contributed by atoms with E-state index in [1.807, 2.05) is 58.0 Å². The number of aromatic nitrogens is 2. The van der Waals surface area contributed by atoms with Gasteiger partial charge in [0.1, 0.15) is 5.82 Å². The fraction of sp³-hybridized carbons (Fsp3) is 0.333. The lowest BCUT2D eigenvalue weighted by Crippen LogP contribution is -2.04. The second-order valence-corrected chi connectivity index (χ2v) is 3.25. The molecule has 0 saturated carbocycles. The van der Waals surface area contributed by atoms with Crippen LogP contribution < -0.4 is 5.73 Å². The highest BCUT2D eigenvalue weighted by Gasteiger charge is 2.11. The van der Waals surface area contributed by atoms with Gasteiger partial charge >= 0.3 is 0 Å². The maximum absolute atomic E-state index is 11.2. The molecule has 1 aromatic heterocycles. The molecule has 0 amide bonds. The van der Waals surface area contributed by atoms with Gasteiger partial charge in [-0.1, -0.05) is 45.9 Å². The number of rotatable bonds is 2. The summed E-state index contributed by atoms with van der Waals surface area (Å²) in [6.07, 6.45) is 1.49. The SMILES string of the molecule is CC.CC.CC(=O)c1cnn(-c2ccccc2)c1N. The van der Waals surface area contributed by atoms with Gasteiger partial charge in [-0.25, -0.2) is 4.68 Å². The Labute approximate surface area is 115 Å². The van der Waals surface area contributed by atoms with Crippen LogP contribution in [0.1, 0.15) is 45.0 Å². The highest BCUT2D eigenvalue weighted by molar-refractivity contribution is 5.98. The summed E-state index contributed by atoms with van der Waals surface area (Å²) in [6, 6.07) is 9.46. The van der Waals surface area contributed by atoms with Crippen LogP contribution >= 0.6 is 0 Å². The molecule has 0 saturated heterocycles. The Balaban J connectivity index is 0.000000741. The molecule has 1 aromatic carbocycles. The maximum atomic E-state index is 11.2. The molecular weight excluding hydrogens is 238 g/mol. The summed E-state index contributed by atoms with van der Waals surface area (Å²) in [5.41, 5.74) is 7.12. The molecule has 0 aliphatic carbocycles. The third-order valence-electron chi connectivity index (χ3n) is 2.19. The van der Waals surface area contributed by atoms with Crippen molar-refractivity contribution >= 4 is 11.6 Å². The van der Waals surface area contributed by atoms with E-state index in [9.17, 15) is 4.79 Å². The Hall–Kier alpha value is -2.10. The normalized spacial score (nSPS) is 8.68. The van der Waals surface area contributed by atoms with Gasteiger partial charge < -0.3 is 5.73 Å². The van der Waals surface area contributed by atoms with E-state index in [2.05, 4.69) is 5.10 Å². The molecule has 0 aliphatic rings. The van der Waals surface area contributed by atoms with Crippen molar-refractivity contribution in [2.45, 2.75) is 34.6 Å². The largest absolute Gasteiger partial charge is 0.383 e. The molecule has 0 aliphatic heterocycles. The number of para-hydroxylation sites is 1. The van der Waals surface area contributed by atoms with E-state index >= 15 is 0 Å². The van der Waals surface area contributed by atoms with E-state index < -0.39 is 0 Å². The van der Waals surface area contributed by atoms with Crippen LogP contribution in [-0.4, -0.2) is 15.6 Å². The summed E-state index contributed by atoms with van der Waals surface area (Å²) in [6.45, 7) is 9.47. The van der Waals surface area contributed by atoms with Gasteiger partial charge in [0.05, 0.1) is 17.4 Å². The first-order chi connectivity index (χ1) is 9.20. The van der Waals surface area contributed by atoms with Crippen LogP contribution in [0.15, 0.2) is 36.5 Å². The van der Waals surface area contributed by atoms with Crippen molar-refractivity contribution in [1.82, 2.24) is 9.78 Å². The maximum Gasteiger partial charge on any atom is 0.165 e. The van der Waals surface area contributed by atoms with Gasteiger partial charge in [-0.05, 0) is 19.1 Å². The predicted molar refractivity (Wildman–Crippen MR) is 80.7 cm³/mol. The second-order valence-electron chi connectivity index (χ2n) is 3.25. The van der Waals surface area contributed by atoms with Gasteiger partial charge in [0, 0.05) is 0 Å². The van der Waals surface area contributed by atoms with Crippen molar-refractivity contribution in [1.29, 1.82) is 0 Å². The van der Waals surface area contributed by atoms with Gasteiger partial charge in [0.2, 0.25) is 0 Å². The monoisotopic (exact) mass is 261 g/mol. The fourth-order valence-corrected chi connectivity index (χ4v) is 1.40. The molecule has 1 heterocycles. The number of benzene rings is 1. The molecule has 2 N–H and O–H groups in total. The number of nitrogens with zero attached hydrogens (tertiary/aromatic N) is 2. The number of anilines is 1. The van der Waals surface area contributed by atoms with E-state index in [1.54, 1.807) is 4.68 Å². The number of hydrogen-bond donors (Lipinski definition) is 1. The zero-order chi connectivity index (χ0) is 14.8. The van der Waals surface area contributed by atoms with Crippen molar-refractivity contribution < 1.29 is 4.79 Å². The molecule has 104 valence electrons. The van der Waals surface area contributed by atoms with Crippen molar-refractivity contribution in [2.75, 3.05) is 5.73 Å². The zero-order valence-corrected chi connectivity index (χ0v) is 12.3. The minimum absolute atomic E-state index is 0.0744. The van der Waals surface area contributed by atoms with Gasteiger partial charge in [-0.15, -0.1) is 0 Å². The van der Waals surface area contributed by atoms with Crippen molar-refractivity contribution in [3.8, 4) is 5.69 Å². The third-order valence-corrected chi connectivity index (χ3v) is 2.19. The second kappa shape index (κ2) is 8.91. The molecule has 2 rings (SSSR count). The predicted octanol–water partition coefficient (Wildman–Crippen LogP) is 3.71. The first kappa shape index (κ1) is 16.9. The van der Waals surface area contributed by atoms with Crippen LogP contribution in [0.5, 0.6) is 0 Å². The molecule has 0 unspecified atom stereocenters. The number of nitrogens with two attached hydrogens (primary N) is 1. The van der Waals surface area contributed by atoms with Crippen LogP contribution in [0, 0.1) is 0 Å². The molecule has 0 atom stereocenters. The molecule has 0 spiro atoms. The number of hydrogen-bond acceptors (Lipinski definition) is 3. The number of nitrogen functional groups attached to an aromatic ring is 1. The van der Waals surface area contributed by atoms with E-state index in [0.29, 0.717) is 11.4 Å². The molecule has 4 heteroatoms. The van der Waals surface area contributed by atoms with Crippen LogP contribution in [-0.2, 0) is 0 Å². The Kier molecular flexibility index (Phi) is 7.93. The molecule has 0 fully saturated rings. The summed E-state index contributed by atoms with van der Waals surface area (Å²) in [7, 11) is 0. The van der Waals surface area contributed by atoms with Crippen LogP contribution in [0.25, 0.3) is 5.69 Å². The van der Waals surface area contributed by atoms with Crippen molar-refractivity contribution in [3.05, 3.63) is 42.1 Å². The highest BCUT2D eigenvalue weighted by Crippen LogP contribution is 2.16. The molecule has 19 heavy (non-hydrogen) atoms. The number of carbonyl (C=O) groups excluding carboxylic acids is 1.